The van der Waals surface area contributed by atoms with Gasteiger partial charge >= 0.3 is 0 Å². The van der Waals surface area contributed by atoms with Crippen LogP contribution in [-0.2, 0) is 0 Å². The topological polar surface area (TPSA) is 60.2 Å². The number of thioether (sulfide) groups is 1. The number of nitrogens with zero attached hydrogens (tertiary/aromatic N) is 2. The van der Waals surface area contributed by atoms with Crippen molar-refractivity contribution in [3.8, 4) is 17.1 Å². The van der Waals surface area contributed by atoms with Crippen molar-refractivity contribution in [2.75, 3.05) is 25.2 Å². The van der Waals surface area contributed by atoms with Crippen molar-refractivity contribution < 1.29 is 9.26 Å². The number of aromatic nitrogens is 2. The highest BCUT2D eigenvalue weighted by Crippen LogP contribution is 2.33. The Balaban J connectivity index is 1.82. The molecular formula is C15H19N3O2S. The van der Waals surface area contributed by atoms with Crippen LogP contribution in [0.1, 0.15) is 18.7 Å². The quantitative estimate of drug-likeness (QED) is 0.916. The summed E-state index contributed by atoms with van der Waals surface area (Å²) in [7, 11) is 1.65. The minimum atomic E-state index is 0.293. The Bertz CT molecular complexity index is 602. The molecule has 1 N–H and O–H groups in total. The van der Waals surface area contributed by atoms with Crippen molar-refractivity contribution in [1.82, 2.24) is 15.5 Å². The van der Waals surface area contributed by atoms with E-state index in [4.69, 9.17) is 9.26 Å². The third kappa shape index (κ3) is 3.06. The predicted octanol–water partition coefficient (Wildman–Crippen LogP) is 2.55. The molecule has 0 saturated carbocycles. The summed E-state index contributed by atoms with van der Waals surface area (Å²) in [6.45, 7) is 3.08. The van der Waals surface area contributed by atoms with Gasteiger partial charge in [0.15, 0.2) is 0 Å². The van der Waals surface area contributed by atoms with E-state index in [1.54, 1.807) is 7.11 Å². The second kappa shape index (κ2) is 6.49. The van der Waals surface area contributed by atoms with Gasteiger partial charge in [-0.1, -0.05) is 24.2 Å². The molecule has 1 saturated heterocycles. The molecule has 0 spiro atoms. The van der Waals surface area contributed by atoms with Gasteiger partial charge in [0.25, 0.3) is 0 Å². The standard InChI is InChI=1S/C15H19N3O2S/c1-3-16-13-9-21-8-12(13)15-17-14(18-20-15)10-5-4-6-11(7-10)19-2/h4-7,12-13,16H,3,8-9H2,1-2H3. The Morgan fingerprint density at radius 3 is 3.14 bits per heavy atom. The number of benzene rings is 1. The van der Waals surface area contributed by atoms with E-state index >= 15 is 0 Å². The van der Waals surface area contributed by atoms with Gasteiger partial charge in [-0.25, -0.2) is 0 Å². The number of hydrogen-bond donors (Lipinski definition) is 1. The van der Waals surface area contributed by atoms with Gasteiger partial charge in [0.1, 0.15) is 5.75 Å². The van der Waals surface area contributed by atoms with Crippen LogP contribution in [0, 0.1) is 0 Å². The second-order valence-electron chi connectivity index (χ2n) is 5.00. The average Bonchev–Trinajstić information content (AvgIpc) is 3.16. The largest absolute Gasteiger partial charge is 0.497 e. The minimum absolute atomic E-state index is 0.293. The molecule has 1 aliphatic rings. The van der Waals surface area contributed by atoms with Gasteiger partial charge in [-0.2, -0.15) is 16.7 Å². The molecule has 0 bridgehead atoms. The summed E-state index contributed by atoms with van der Waals surface area (Å²) >= 11 is 1.93. The van der Waals surface area contributed by atoms with Crippen LogP contribution in [0.2, 0.25) is 0 Å². The van der Waals surface area contributed by atoms with Gasteiger partial charge in [0.2, 0.25) is 11.7 Å². The summed E-state index contributed by atoms with van der Waals surface area (Å²) in [4.78, 5) is 4.58. The molecule has 3 rings (SSSR count). The number of rotatable bonds is 5. The monoisotopic (exact) mass is 305 g/mol. The lowest BCUT2D eigenvalue weighted by atomic mass is 10.0. The van der Waals surface area contributed by atoms with Crippen LogP contribution >= 0.6 is 11.8 Å². The van der Waals surface area contributed by atoms with Gasteiger partial charge in [0, 0.05) is 23.1 Å². The van der Waals surface area contributed by atoms with Gasteiger partial charge in [-0.15, -0.1) is 0 Å². The Hall–Kier alpha value is -1.53. The molecule has 6 heteroatoms. The smallest absolute Gasteiger partial charge is 0.232 e. The molecule has 0 radical (unpaired) electrons. The molecule has 2 heterocycles. The molecule has 1 aliphatic heterocycles. The zero-order valence-electron chi connectivity index (χ0n) is 12.2. The third-order valence-electron chi connectivity index (χ3n) is 3.63. The highest BCUT2D eigenvalue weighted by Gasteiger charge is 2.33. The summed E-state index contributed by atoms with van der Waals surface area (Å²) in [5.41, 5.74) is 0.912. The summed E-state index contributed by atoms with van der Waals surface area (Å²) in [5, 5.41) is 7.61. The summed E-state index contributed by atoms with van der Waals surface area (Å²) in [6.07, 6.45) is 0. The molecule has 21 heavy (non-hydrogen) atoms. The highest BCUT2D eigenvalue weighted by molar-refractivity contribution is 7.99. The van der Waals surface area contributed by atoms with E-state index in [-0.39, 0.29) is 0 Å². The van der Waals surface area contributed by atoms with E-state index in [9.17, 15) is 0 Å². The van der Waals surface area contributed by atoms with Gasteiger partial charge in [0.05, 0.1) is 13.0 Å². The number of nitrogens with one attached hydrogen (secondary N) is 1. The maximum Gasteiger partial charge on any atom is 0.232 e. The lowest BCUT2D eigenvalue weighted by Crippen LogP contribution is -2.34. The Morgan fingerprint density at radius 1 is 1.43 bits per heavy atom. The first-order valence-electron chi connectivity index (χ1n) is 7.11. The fourth-order valence-corrected chi connectivity index (χ4v) is 3.90. The van der Waals surface area contributed by atoms with E-state index in [0.29, 0.717) is 17.8 Å². The summed E-state index contributed by atoms with van der Waals surface area (Å²) in [5.74, 6) is 4.55. The van der Waals surface area contributed by atoms with Crippen LogP contribution in [0.4, 0.5) is 0 Å². The highest BCUT2D eigenvalue weighted by atomic mass is 32.2. The molecule has 5 nitrogen and oxygen atoms in total. The molecule has 2 aromatic rings. The number of methoxy groups -OCH3 is 1. The lowest BCUT2D eigenvalue weighted by molar-refractivity contribution is 0.340. The molecule has 2 unspecified atom stereocenters. The molecule has 1 aromatic carbocycles. The summed E-state index contributed by atoms with van der Waals surface area (Å²) < 4.78 is 10.7. The van der Waals surface area contributed by atoms with Crippen LogP contribution < -0.4 is 10.1 Å². The first-order chi connectivity index (χ1) is 10.3. The fourth-order valence-electron chi connectivity index (χ4n) is 2.53. The molecule has 2 atom stereocenters. The third-order valence-corrected chi connectivity index (χ3v) is 4.82. The Labute approximate surface area is 128 Å². The maximum atomic E-state index is 5.50. The molecule has 1 aromatic heterocycles. The predicted molar refractivity (Wildman–Crippen MR) is 83.8 cm³/mol. The zero-order chi connectivity index (χ0) is 14.7. The molecule has 0 aliphatic carbocycles. The summed E-state index contributed by atoms with van der Waals surface area (Å²) in [6, 6.07) is 8.12. The van der Waals surface area contributed by atoms with Crippen molar-refractivity contribution in [2.24, 2.45) is 0 Å². The van der Waals surface area contributed by atoms with E-state index in [0.717, 1.165) is 35.3 Å². The van der Waals surface area contributed by atoms with E-state index in [2.05, 4.69) is 22.4 Å². The normalized spacial score (nSPS) is 21.6. The van der Waals surface area contributed by atoms with E-state index in [1.807, 2.05) is 36.0 Å². The number of likely N-dealkylation sites (N-methyl/N-ethyl adjacent to an activating group) is 1. The van der Waals surface area contributed by atoms with Gasteiger partial charge in [-0.3, -0.25) is 0 Å². The Morgan fingerprint density at radius 2 is 2.33 bits per heavy atom. The molecular weight excluding hydrogens is 286 g/mol. The lowest BCUT2D eigenvalue weighted by Gasteiger charge is -2.15. The first-order valence-corrected chi connectivity index (χ1v) is 8.26. The SMILES string of the molecule is CCNC1CSCC1c1nc(-c2cccc(OC)c2)no1. The van der Waals surface area contributed by atoms with E-state index in [1.165, 1.54) is 0 Å². The van der Waals surface area contributed by atoms with Crippen molar-refractivity contribution in [2.45, 2.75) is 18.9 Å². The zero-order valence-corrected chi connectivity index (χ0v) is 13.0. The molecule has 112 valence electrons. The van der Waals surface area contributed by atoms with Gasteiger partial charge < -0.3 is 14.6 Å². The number of hydrogen-bond acceptors (Lipinski definition) is 6. The second-order valence-corrected chi connectivity index (χ2v) is 6.07. The van der Waals surface area contributed by atoms with Gasteiger partial charge in [-0.05, 0) is 18.7 Å². The fraction of sp³-hybridized carbons (Fsp3) is 0.467. The minimum Gasteiger partial charge on any atom is -0.497 e. The van der Waals surface area contributed by atoms with Crippen LogP contribution in [0.5, 0.6) is 5.75 Å². The van der Waals surface area contributed by atoms with Crippen LogP contribution in [0.15, 0.2) is 28.8 Å². The number of ether oxygens (including phenoxy) is 1. The van der Waals surface area contributed by atoms with E-state index < -0.39 is 0 Å². The Kier molecular flexibility index (Phi) is 4.45. The molecule has 1 fully saturated rings. The van der Waals surface area contributed by atoms with Crippen LogP contribution in [0.25, 0.3) is 11.4 Å². The van der Waals surface area contributed by atoms with Crippen molar-refractivity contribution in [1.29, 1.82) is 0 Å². The molecule has 0 amide bonds. The van der Waals surface area contributed by atoms with Crippen LogP contribution in [-0.4, -0.2) is 41.3 Å². The van der Waals surface area contributed by atoms with Crippen LogP contribution in [0.3, 0.4) is 0 Å². The van der Waals surface area contributed by atoms with Crippen molar-refractivity contribution in [3.05, 3.63) is 30.2 Å². The van der Waals surface area contributed by atoms with Crippen molar-refractivity contribution in [3.63, 3.8) is 0 Å². The van der Waals surface area contributed by atoms with Crippen molar-refractivity contribution >= 4 is 11.8 Å². The first kappa shape index (κ1) is 14.4. The average molecular weight is 305 g/mol. The maximum absolute atomic E-state index is 5.50.